The molecule has 1 heterocycles. The number of Topliss-reactive ketones (excluding diaryl/α,β-unsaturated/α-hetero) is 1. The summed E-state index contributed by atoms with van der Waals surface area (Å²) in [5.41, 5.74) is 0.377. The topological polar surface area (TPSA) is 80.8 Å². The van der Waals surface area contributed by atoms with E-state index in [1.807, 2.05) is 0 Å². The van der Waals surface area contributed by atoms with Crippen molar-refractivity contribution in [3.05, 3.63) is 65.5 Å². The minimum Gasteiger partial charge on any atom is -0.454 e. The Labute approximate surface area is 163 Å². The SMILES string of the molecule is O=C(COC(=O)c1ccc(F)cc1)c1ccc(S(=O)(=O)N2CCCCC2)cc1. The maximum atomic E-state index is 12.9. The van der Waals surface area contributed by atoms with Gasteiger partial charge in [-0.3, -0.25) is 4.79 Å². The third-order valence-electron chi connectivity index (χ3n) is 4.54. The number of piperidine rings is 1. The molecule has 0 N–H and O–H groups in total. The van der Waals surface area contributed by atoms with Gasteiger partial charge < -0.3 is 4.74 Å². The molecule has 0 aliphatic carbocycles. The fourth-order valence-corrected chi connectivity index (χ4v) is 4.47. The molecule has 2 aromatic rings. The summed E-state index contributed by atoms with van der Waals surface area (Å²) in [7, 11) is -3.56. The summed E-state index contributed by atoms with van der Waals surface area (Å²) in [6.07, 6.45) is 2.71. The molecule has 1 saturated heterocycles. The van der Waals surface area contributed by atoms with Crippen molar-refractivity contribution in [2.75, 3.05) is 19.7 Å². The minimum absolute atomic E-state index is 0.134. The summed E-state index contributed by atoms with van der Waals surface area (Å²) in [5.74, 6) is -1.68. The number of ether oxygens (including phenoxy) is 1. The maximum Gasteiger partial charge on any atom is 0.338 e. The predicted octanol–water partition coefficient (Wildman–Crippen LogP) is 3.04. The van der Waals surface area contributed by atoms with Gasteiger partial charge in [0.05, 0.1) is 10.5 Å². The van der Waals surface area contributed by atoms with Crippen molar-refractivity contribution >= 4 is 21.8 Å². The summed E-state index contributed by atoms with van der Waals surface area (Å²) in [5, 5.41) is 0. The summed E-state index contributed by atoms with van der Waals surface area (Å²) < 4.78 is 44.5. The molecular weight excluding hydrogens is 385 g/mol. The van der Waals surface area contributed by atoms with Gasteiger partial charge in [0.2, 0.25) is 10.0 Å². The van der Waals surface area contributed by atoms with E-state index >= 15 is 0 Å². The van der Waals surface area contributed by atoms with Gasteiger partial charge in [0.15, 0.2) is 12.4 Å². The third-order valence-corrected chi connectivity index (χ3v) is 6.46. The Kier molecular flexibility index (Phi) is 6.21. The Morgan fingerprint density at radius 2 is 1.46 bits per heavy atom. The molecule has 1 fully saturated rings. The second kappa shape index (κ2) is 8.62. The zero-order valence-electron chi connectivity index (χ0n) is 15.1. The number of halogens is 1. The van der Waals surface area contributed by atoms with Crippen LogP contribution in [0, 0.1) is 5.82 Å². The van der Waals surface area contributed by atoms with Crippen LogP contribution >= 0.6 is 0 Å². The van der Waals surface area contributed by atoms with E-state index in [-0.39, 0.29) is 16.0 Å². The Hall–Kier alpha value is -2.58. The van der Waals surface area contributed by atoms with Crippen LogP contribution in [0.15, 0.2) is 53.4 Å². The second-order valence-corrected chi connectivity index (χ2v) is 8.43. The largest absolute Gasteiger partial charge is 0.454 e. The van der Waals surface area contributed by atoms with Crippen LogP contribution in [0.3, 0.4) is 0 Å². The molecule has 0 aromatic heterocycles. The number of ketones is 1. The van der Waals surface area contributed by atoms with Crippen molar-refractivity contribution in [3.63, 3.8) is 0 Å². The van der Waals surface area contributed by atoms with Crippen LogP contribution in [-0.4, -0.2) is 44.2 Å². The van der Waals surface area contributed by atoms with Crippen LogP contribution in [0.4, 0.5) is 4.39 Å². The Bertz CT molecular complexity index is 949. The van der Waals surface area contributed by atoms with Crippen molar-refractivity contribution in [1.82, 2.24) is 4.31 Å². The molecular formula is C20H20FNO5S. The molecule has 2 aromatic carbocycles. The lowest BCUT2D eigenvalue weighted by atomic mass is 10.1. The summed E-state index contributed by atoms with van der Waals surface area (Å²) >= 11 is 0. The summed E-state index contributed by atoms with van der Waals surface area (Å²) in [6.45, 7) is 0.513. The van der Waals surface area contributed by atoms with E-state index in [0.29, 0.717) is 13.1 Å². The standard InChI is InChI=1S/C20H20FNO5S/c21-17-8-4-16(5-9-17)20(24)27-14-19(23)15-6-10-18(11-7-15)28(25,26)22-12-2-1-3-13-22/h4-11H,1-3,12-14H2. The molecule has 0 amide bonds. The van der Waals surface area contributed by atoms with Crippen molar-refractivity contribution in [1.29, 1.82) is 0 Å². The number of sulfonamides is 1. The summed E-state index contributed by atoms with van der Waals surface area (Å²) in [4.78, 5) is 24.2. The lowest BCUT2D eigenvalue weighted by Crippen LogP contribution is -2.35. The van der Waals surface area contributed by atoms with Gasteiger partial charge >= 0.3 is 5.97 Å². The average molecular weight is 405 g/mol. The normalized spacial score (nSPS) is 15.2. The molecule has 8 heteroatoms. The zero-order valence-corrected chi connectivity index (χ0v) is 16.0. The Balaban J connectivity index is 1.62. The lowest BCUT2D eigenvalue weighted by Gasteiger charge is -2.25. The van der Waals surface area contributed by atoms with E-state index < -0.39 is 34.2 Å². The number of nitrogens with zero attached hydrogens (tertiary/aromatic N) is 1. The highest BCUT2D eigenvalue weighted by atomic mass is 32.2. The van der Waals surface area contributed by atoms with Crippen molar-refractivity contribution in [2.45, 2.75) is 24.2 Å². The molecule has 0 radical (unpaired) electrons. The fraction of sp³-hybridized carbons (Fsp3) is 0.300. The first-order valence-corrected chi connectivity index (χ1v) is 10.4. The first-order chi connectivity index (χ1) is 13.4. The molecule has 0 saturated carbocycles. The number of esters is 1. The monoisotopic (exact) mass is 405 g/mol. The Morgan fingerprint density at radius 1 is 0.893 bits per heavy atom. The van der Waals surface area contributed by atoms with Gasteiger partial charge in [-0.2, -0.15) is 4.31 Å². The van der Waals surface area contributed by atoms with Gasteiger partial charge in [-0.05, 0) is 61.4 Å². The molecule has 0 unspecified atom stereocenters. The molecule has 148 valence electrons. The molecule has 3 rings (SSSR count). The van der Waals surface area contributed by atoms with Gasteiger partial charge in [-0.1, -0.05) is 6.42 Å². The first kappa shape index (κ1) is 20.2. The number of rotatable bonds is 6. The number of hydrogen-bond donors (Lipinski definition) is 0. The van der Waals surface area contributed by atoms with Crippen molar-refractivity contribution in [2.24, 2.45) is 0 Å². The maximum absolute atomic E-state index is 12.9. The van der Waals surface area contributed by atoms with E-state index in [1.165, 1.54) is 40.7 Å². The van der Waals surface area contributed by atoms with Crippen LogP contribution in [0.1, 0.15) is 40.0 Å². The van der Waals surface area contributed by atoms with Gasteiger partial charge in [0.25, 0.3) is 0 Å². The van der Waals surface area contributed by atoms with Crippen molar-refractivity contribution in [3.8, 4) is 0 Å². The van der Waals surface area contributed by atoms with E-state index in [2.05, 4.69) is 0 Å². The predicted molar refractivity (Wildman–Crippen MR) is 100 cm³/mol. The van der Waals surface area contributed by atoms with E-state index in [4.69, 9.17) is 4.74 Å². The Morgan fingerprint density at radius 3 is 2.07 bits per heavy atom. The van der Waals surface area contributed by atoms with Crippen LogP contribution in [0.25, 0.3) is 0 Å². The third kappa shape index (κ3) is 4.63. The highest BCUT2D eigenvalue weighted by molar-refractivity contribution is 7.89. The van der Waals surface area contributed by atoms with E-state index in [1.54, 1.807) is 0 Å². The molecule has 6 nitrogen and oxygen atoms in total. The van der Waals surface area contributed by atoms with Crippen LogP contribution < -0.4 is 0 Å². The van der Waals surface area contributed by atoms with E-state index in [0.717, 1.165) is 31.4 Å². The van der Waals surface area contributed by atoms with Crippen LogP contribution in [-0.2, 0) is 14.8 Å². The average Bonchev–Trinajstić information content (AvgIpc) is 2.73. The molecule has 1 aliphatic rings. The minimum atomic E-state index is -3.56. The quantitative estimate of drug-likeness (QED) is 0.545. The lowest BCUT2D eigenvalue weighted by molar-refractivity contribution is 0.0474. The fourth-order valence-electron chi connectivity index (χ4n) is 2.95. The highest BCUT2D eigenvalue weighted by Crippen LogP contribution is 2.21. The van der Waals surface area contributed by atoms with Gasteiger partial charge in [0, 0.05) is 18.7 Å². The number of hydrogen-bond acceptors (Lipinski definition) is 5. The summed E-state index contributed by atoms with van der Waals surface area (Å²) in [6, 6.07) is 10.4. The molecule has 0 bridgehead atoms. The van der Waals surface area contributed by atoms with Crippen LogP contribution in [0.2, 0.25) is 0 Å². The second-order valence-electron chi connectivity index (χ2n) is 6.50. The van der Waals surface area contributed by atoms with Gasteiger partial charge in [-0.15, -0.1) is 0 Å². The number of carbonyl (C=O) groups excluding carboxylic acids is 2. The molecule has 1 aliphatic heterocycles. The first-order valence-electron chi connectivity index (χ1n) is 8.94. The number of benzene rings is 2. The van der Waals surface area contributed by atoms with Gasteiger partial charge in [-0.25, -0.2) is 17.6 Å². The zero-order chi connectivity index (χ0) is 20.1. The molecule has 28 heavy (non-hydrogen) atoms. The van der Waals surface area contributed by atoms with E-state index in [9.17, 15) is 22.4 Å². The van der Waals surface area contributed by atoms with Crippen molar-refractivity contribution < 1.29 is 27.1 Å². The highest BCUT2D eigenvalue weighted by Gasteiger charge is 2.26. The smallest absolute Gasteiger partial charge is 0.338 e. The molecule has 0 spiro atoms. The van der Waals surface area contributed by atoms with Crippen LogP contribution in [0.5, 0.6) is 0 Å². The van der Waals surface area contributed by atoms with Gasteiger partial charge in [0.1, 0.15) is 5.82 Å². The molecule has 0 atom stereocenters. The number of carbonyl (C=O) groups is 2.